The minimum absolute atomic E-state index is 0.126. The van der Waals surface area contributed by atoms with Gasteiger partial charge in [-0.2, -0.15) is 0 Å². The first-order valence-corrected chi connectivity index (χ1v) is 29.7. The standard InChI is InChI=1S/C70H78B2N2S2/c1-15-17-19-21-23-61-63(35-29-57-25-31-59(32-26-57)71(65-49(7)37-45(3)38-50(65)8)66-51(9)39-46(4)40-52(66)10)75-69(73-61)70-74-62(24-22-20-18-16-2)64(76-70)36-30-58-27-33-60(34-28-58)72(67-53(11)41-47(5)42-54(67)12)68-55(13)43-48(6)44-56(68)14/h25-28,31-34,37-44H,15-24H2,1-14H3. The highest BCUT2D eigenvalue weighted by Gasteiger charge is 2.30. The van der Waals surface area contributed by atoms with E-state index in [1.807, 2.05) is 0 Å². The molecule has 0 aliphatic carbocycles. The minimum atomic E-state index is 0.126. The zero-order valence-electron chi connectivity index (χ0n) is 48.2. The Morgan fingerprint density at radius 2 is 0.632 bits per heavy atom. The van der Waals surface area contributed by atoms with E-state index in [1.165, 1.54) is 138 Å². The van der Waals surface area contributed by atoms with Gasteiger partial charge in [-0.3, -0.25) is 0 Å². The van der Waals surface area contributed by atoms with Gasteiger partial charge in [0.15, 0.2) is 10.0 Å². The monoisotopic (exact) mass is 1030 g/mol. The van der Waals surface area contributed by atoms with Gasteiger partial charge >= 0.3 is 0 Å². The third-order valence-electron chi connectivity index (χ3n) is 15.3. The summed E-state index contributed by atoms with van der Waals surface area (Å²) in [5.41, 5.74) is 28.3. The van der Waals surface area contributed by atoms with Gasteiger partial charge in [0.25, 0.3) is 0 Å². The highest BCUT2D eigenvalue weighted by molar-refractivity contribution is 7.22. The summed E-state index contributed by atoms with van der Waals surface area (Å²) >= 11 is 3.39. The first-order chi connectivity index (χ1) is 36.5. The van der Waals surface area contributed by atoms with Gasteiger partial charge in [-0.25, -0.2) is 9.97 Å². The molecule has 2 nitrogen and oxygen atoms in total. The van der Waals surface area contributed by atoms with E-state index in [9.17, 15) is 0 Å². The summed E-state index contributed by atoms with van der Waals surface area (Å²) in [7, 11) is 0. The molecule has 0 amide bonds. The molecule has 6 heteroatoms. The van der Waals surface area contributed by atoms with Crippen molar-refractivity contribution in [2.24, 2.45) is 0 Å². The third kappa shape index (κ3) is 13.1. The molecule has 0 spiro atoms. The summed E-state index contributed by atoms with van der Waals surface area (Å²) < 4.78 is 0. The predicted molar refractivity (Wildman–Crippen MR) is 336 cm³/mol. The Kier molecular flexibility index (Phi) is 18.7. The fourth-order valence-corrected chi connectivity index (χ4v) is 14.1. The third-order valence-corrected chi connectivity index (χ3v) is 17.5. The number of nitrogens with zero attached hydrogens (tertiary/aromatic N) is 2. The van der Waals surface area contributed by atoms with E-state index < -0.39 is 0 Å². The maximum absolute atomic E-state index is 5.35. The van der Waals surface area contributed by atoms with E-state index in [2.05, 4.69) is 218 Å². The van der Waals surface area contributed by atoms with Crippen LogP contribution < -0.4 is 32.8 Å². The Morgan fingerprint density at radius 3 is 0.895 bits per heavy atom. The quantitative estimate of drug-likeness (QED) is 0.0516. The summed E-state index contributed by atoms with van der Waals surface area (Å²) in [6, 6.07) is 36.8. The molecule has 0 N–H and O–H groups in total. The summed E-state index contributed by atoms with van der Waals surface area (Å²) in [6.07, 6.45) is 11.3. The normalized spacial score (nSPS) is 11.1. The van der Waals surface area contributed by atoms with Crippen molar-refractivity contribution in [2.45, 2.75) is 161 Å². The molecule has 0 aliphatic heterocycles. The second kappa shape index (κ2) is 25.3. The Balaban J connectivity index is 1.12. The lowest BCUT2D eigenvalue weighted by Gasteiger charge is -2.24. The molecule has 0 atom stereocenters. The van der Waals surface area contributed by atoms with Crippen LogP contribution in [0.5, 0.6) is 0 Å². The number of aromatic nitrogens is 2. The minimum Gasteiger partial charge on any atom is -0.237 e. The number of rotatable bonds is 17. The van der Waals surface area contributed by atoms with Gasteiger partial charge in [-0.05, 0) is 145 Å². The number of hydrogen-bond acceptors (Lipinski definition) is 4. The van der Waals surface area contributed by atoms with E-state index in [0.717, 1.165) is 68.0 Å². The maximum Gasteiger partial charge on any atom is 0.242 e. The summed E-state index contributed by atoms with van der Waals surface area (Å²) in [5.74, 6) is 14.5. The van der Waals surface area contributed by atoms with E-state index in [-0.39, 0.29) is 13.4 Å². The van der Waals surface area contributed by atoms with E-state index in [4.69, 9.17) is 9.97 Å². The molecule has 0 radical (unpaired) electrons. The molecule has 0 aliphatic rings. The van der Waals surface area contributed by atoms with E-state index in [1.54, 1.807) is 22.7 Å². The SMILES string of the molecule is CCCCCCc1nc(-c2nc(CCCCCC)c(C#Cc3ccc(B(c4c(C)cc(C)cc4C)c4c(C)cc(C)cc4C)cc3)s2)sc1C#Cc1ccc(B(c2c(C)cc(C)cc2C)c2c(C)cc(C)cc2C)cc1. The van der Waals surface area contributed by atoms with Crippen molar-refractivity contribution in [2.75, 3.05) is 0 Å². The zero-order valence-corrected chi connectivity index (χ0v) is 49.8. The van der Waals surface area contributed by atoms with Gasteiger partial charge in [-0.15, -0.1) is 22.7 Å². The van der Waals surface area contributed by atoms with Gasteiger partial charge in [0.05, 0.1) is 11.4 Å². The van der Waals surface area contributed by atoms with Crippen LogP contribution in [0.15, 0.2) is 97.1 Å². The predicted octanol–water partition coefficient (Wildman–Crippen LogP) is 14.0. The van der Waals surface area contributed by atoms with Crippen molar-refractivity contribution in [1.29, 1.82) is 0 Å². The Morgan fingerprint density at radius 1 is 0.355 bits per heavy atom. The fraction of sp³-hybridized carbons (Fsp3) is 0.343. The molecule has 0 unspecified atom stereocenters. The fourth-order valence-electron chi connectivity index (χ4n) is 12.2. The number of benzene rings is 6. The molecule has 6 aromatic carbocycles. The molecule has 8 aromatic rings. The van der Waals surface area contributed by atoms with Gasteiger partial charge in [0, 0.05) is 11.1 Å². The Labute approximate surface area is 466 Å². The van der Waals surface area contributed by atoms with Gasteiger partial charge in [-0.1, -0.05) is 237 Å². The molecule has 0 saturated carbocycles. The number of unbranched alkanes of at least 4 members (excludes halogenated alkanes) is 6. The van der Waals surface area contributed by atoms with Crippen molar-refractivity contribution >= 4 is 68.9 Å². The zero-order chi connectivity index (χ0) is 54.2. The van der Waals surface area contributed by atoms with Crippen molar-refractivity contribution in [1.82, 2.24) is 9.97 Å². The van der Waals surface area contributed by atoms with Crippen LogP contribution in [0.25, 0.3) is 10.0 Å². The molecular weight excluding hydrogens is 955 g/mol. The summed E-state index contributed by atoms with van der Waals surface area (Å²) in [6.45, 7) is 31.8. The van der Waals surface area contributed by atoms with E-state index in [0.29, 0.717) is 0 Å². The molecule has 0 fully saturated rings. The molecule has 386 valence electrons. The number of hydrogen-bond donors (Lipinski definition) is 0. The second-order valence-electron chi connectivity index (χ2n) is 22.1. The van der Waals surface area contributed by atoms with E-state index >= 15 is 0 Å². The molecular formula is C70H78B2N2S2. The van der Waals surface area contributed by atoms with Crippen molar-refractivity contribution < 1.29 is 0 Å². The average Bonchev–Trinajstić information content (AvgIpc) is 3.97. The second-order valence-corrected chi connectivity index (χ2v) is 24.1. The van der Waals surface area contributed by atoms with Crippen LogP contribution in [0.1, 0.15) is 164 Å². The Hall–Kier alpha value is -6.17. The summed E-state index contributed by atoms with van der Waals surface area (Å²) in [4.78, 5) is 12.8. The molecule has 76 heavy (non-hydrogen) atoms. The van der Waals surface area contributed by atoms with Crippen molar-refractivity contribution in [3.63, 3.8) is 0 Å². The molecule has 8 rings (SSSR count). The van der Waals surface area contributed by atoms with Gasteiger partial charge in [0.2, 0.25) is 13.4 Å². The van der Waals surface area contributed by atoms with Crippen LogP contribution in [0.4, 0.5) is 0 Å². The lowest BCUT2D eigenvalue weighted by molar-refractivity contribution is 0.661. The molecule has 0 bridgehead atoms. The first kappa shape index (κ1) is 56.0. The highest BCUT2D eigenvalue weighted by Crippen LogP contribution is 2.34. The molecule has 2 heterocycles. The number of thiazole rings is 2. The Bertz CT molecular complexity index is 3050. The van der Waals surface area contributed by atoms with Crippen molar-refractivity contribution in [3.8, 4) is 33.7 Å². The van der Waals surface area contributed by atoms with Crippen molar-refractivity contribution in [3.05, 3.63) is 196 Å². The topological polar surface area (TPSA) is 25.8 Å². The van der Waals surface area contributed by atoms with Crippen LogP contribution in [0.3, 0.4) is 0 Å². The van der Waals surface area contributed by atoms with Gasteiger partial charge < -0.3 is 0 Å². The largest absolute Gasteiger partial charge is 0.242 e. The highest BCUT2D eigenvalue weighted by atomic mass is 32.1. The molecule has 2 aromatic heterocycles. The summed E-state index contributed by atoms with van der Waals surface area (Å²) in [5, 5.41) is 1.90. The number of aryl methyl sites for hydroxylation is 14. The first-order valence-electron chi connectivity index (χ1n) is 28.1. The van der Waals surface area contributed by atoms with Crippen LogP contribution >= 0.6 is 22.7 Å². The molecule has 0 saturated heterocycles. The van der Waals surface area contributed by atoms with Crippen LogP contribution in [0.2, 0.25) is 0 Å². The van der Waals surface area contributed by atoms with Crippen LogP contribution in [0, 0.1) is 107 Å². The van der Waals surface area contributed by atoms with Gasteiger partial charge in [0.1, 0.15) is 9.75 Å². The van der Waals surface area contributed by atoms with Crippen LogP contribution in [-0.4, -0.2) is 23.4 Å². The average molecular weight is 1030 g/mol. The van der Waals surface area contributed by atoms with Crippen LogP contribution in [-0.2, 0) is 12.8 Å². The smallest absolute Gasteiger partial charge is 0.237 e. The lowest BCUT2D eigenvalue weighted by Crippen LogP contribution is -2.55. The maximum atomic E-state index is 5.35. The lowest BCUT2D eigenvalue weighted by atomic mass is 9.34.